The molecule has 8 heteroatoms. The summed E-state index contributed by atoms with van der Waals surface area (Å²) in [5.74, 6) is -1.14. The summed E-state index contributed by atoms with van der Waals surface area (Å²) in [5.41, 5.74) is 6.32. The number of benzene rings is 1. The van der Waals surface area contributed by atoms with E-state index in [1.807, 2.05) is 44.2 Å². The molecule has 2 saturated heterocycles. The molecular weight excluding hydrogens is 342 g/mol. The predicted octanol–water partition coefficient (Wildman–Crippen LogP) is 0.535. The number of β-lactam (4-membered cyclic amide) rings is 1. The van der Waals surface area contributed by atoms with Crippen molar-refractivity contribution in [1.29, 1.82) is 0 Å². The molecule has 0 radical (unpaired) electrons. The van der Waals surface area contributed by atoms with Gasteiger partial charge in [0.2, 0.25) is 5.91 Å². The first-order valence-electron chi connectivity index (χ1n) is 7.97. The number of primary amides is 1. The molecule has 0 saturated carbocycles. The van der Waals surface area contributed by atoms with Crippen LogP contribution in [0.4, 0.5) is 0 Å². The summed E-state index contributed by atoms with van der Waals surface area (Å²) in [6, 6.07) is 7.83. The zero-order valence-corrected chi connectivity index (χ0v) is 15.2. The Kier molecular flexibility index (Phi) is 4.51. The summed E-state index contributed by atoms with van der Waals surface area (Å²) < 4.78 is -0.511. The highest BCUT2D eigenvalue weighted by atomic mass is 32.2. The molecule has 2 aliphatic heterocycles. The lowest BCUT2D eigenvalue weighted by Crippen LogP contribution is -2.71. The van der Waals surface area contributed by atoms with Gasteiger partial charge in [0.15, 0.2) is 6.04 Å². The Morgan fingerprint density at radius 1 is 1.32 bits per heavy atom. The number of hydrogen-bond acceptors (Lipinski definition) is 5. The van der Waals surface area contributed by atoms with Gasteiger partial charge in [-0.15, -0.1) is 11.8 Å². The van der Waals surface area contributed by atoms with Crippen molar-refractivity contribution in [3.8, 4) is 0 Å². The molecule has 2 fully saturated rings. The largest absolute Gasteiger partial charge is 0.368 e. The Hall–Kier alpha value is -2.06. The molecule has 3 amide bonds. The normalized spacial score (nSPS) is 26.8. The van der Waals surface area contributed by atoms with Gasteiger partial charge in [0.05, 0.1) is 13.5 Å². The second-order valence-electron chi connectivity index (χ2n) is 6.67. The third-order valence-corrected chi connectivity index (χ3v) is 6.13. The average molecular weight is 363 g/mol. The molecule has 25 heavy (non-hydrogen) atoms. The van der Waals surface area contributed by atoms with Crippen molar-refractivity contribution < 1.29 is 19.2 Å². The zero-order chi connectivity index (χ0) is 18.4. The molecule has 0 bridgehead atoms. The molecular formula is C17H21N3O4S. The quantitative estimate of drug-likeness (QED) is 0.609. The fraction of sp³-hybridized carbons (Fsp3) is 0.471. The van der Waals surface area contributed by atoms with Crippen LogP contribution in [0.2, 0.25) is 0 Å². The first-order chi connectivity index (χ1) is 11.8. The van der Waals surface area contributed by atoms with Crippen molar-refractivity contribution in [2.45, 2.75) is 42.5 Å². The highest BCUT2D eigenvalue weighted by Gasteiger charge is 2.65. The van der Waals surface area contributed by atoms with Crippen LogP contribution < -0.4 is 5.73 Å². The third-order valence-electron chi connectivity index (χ3n) is 4.58. The Bertz CT molecular complexity index is 709. The molecule has 3 rings (SSSR count). The zero-order valence-electron chi connectivity index (χ0n) is 14.3. The number of carbonyl (C=O) groups excluding carboxylic acids is 3. The van der Waals surface area contributed by atoms with Gasteiger partial charge >= 0.3 is 0 Å². The second kappa shape index (κ2) is 6.34. The van der Waals surface area contributed by atoms with Gasteiger partial charge in [-0.25, -0.2) is 5.06 Å². The summed E-state index contributed by atoms with van der Waals surface area (Å²) in [5, 5.41) is 0.794. The number of carbonyl (C=O) groups is 3. The lowest BCUT2D eigenvalue weighted by atomic mass is 9.95. The molecule has 2 heterocycles. The molecule has 2 aliphatic rings. The molecule has 0 spiro atoms. The number of hydrogen-bond donors (Lipinski definition) is 1. The summed E-state index contributed by atoms with van der Waals surface area (Å²) in [7, 11) is 1.37. The van der Waals surface area contributed by atoms with Gasteiger partial charge in [0.25, 0.3) is 11.8 Å². The lowest BCUT2D eigenvalue weighted by molar-refractivity contribution is -0.211. The van der Waals surface area contributed by atoms with E-state index in [2.05, 4.69) is 0 Å². The van der Waals surface area contributed by atoms with Crippen LogP contribution in [0.25, 0.3) is 0 Å². The molecule has 3 unspecified atom stereocenters. The number of amides is 3. The highest BCUT2D eigenvalue weighted by molar-refractivity contribution is 8.01. The Balaban J connectivity index is 1.78. The highest BCUT2D eigenvalue weighted by Crippen LogP contribution is 2.51. The minimum atomic E-state index is -0.741. The minimum absolute atomic E-state index is 0.137. The van der Waals surface area contributed by atoms with E-state index in [1.54, 1.807) is 0 Å². The van der Waals surface area contributed by atoms with Crippen LogP contribution in [0, 0.1) is 0 Å². The molecule has 3 atom stereocenters. The molecule has 1 aromatic carbocycles. The Morgan fingerprint density at radius 2 is 1.96 bits per heavy atom. The van der Waals surface area contributed by atoms with E-state index in [9.17, 15) is 14.4 Å². The summed E-state index contributed by atoms with van der Waals surface area (Å²) in [6.07, 6.45) is 0.137. The van der Waals surface area contributed by atoms with E-state index in [0.717, 1.165) is 10.6 Å². The molecule has 7 nitrogen and oxygen atoms in total. The Morgan fingerprint density at radius 3 is 2.52 bits per heavy atom. The molecule has 2 N–H and O–H groups in total. The maximum Gasteiger partial charge on any atom is 0.252 e. The lowest BCUT2D eigenvalue weighted by Gasteiger charge is -2.47. The van der Waals surface area contributed by atoms with Crippen molar-refractivity contribution >= 4 is 29.5 Å². The fourth-order valence-electron chi connectivity index (χ4n) is 3.49. The third kappa shape index (κ3) is 2.89. The number of rotatable bonds is 5. The summed E-state index contributed by atoms with van der Waals surface area (Å²) >= 11 is 1.46. The van der Waals surface area contributed by atoms with E-state index in [0.29, 0.717) is 0 Å². The van der Waals surface area contributed by atoms with Gasteiger partial charge in [-0.3, -0.25) is 19.2 Å². The van der Waals surface area contributed by atoms with Crippen LogP contribution in [0.3, 0.4) is 0 Å². The van der Waals surface area contributed by atoms with E-state index in [4.69, 9.17) is 10.6 Å². The van der Waals surface area contributed by atoms with Gasteiger partial charge in [-0.05, 0) is 19.4 Å². The smallest absolute Gasteiger partial charge is 0.252 e. The SMILES string of the molecule is CON(C(=O)Cc1ccccc1)C1C(=O)N2C1SC(C)(C)C2C(N)=O. The van der Waals surface area contributed by atoms with Crippen molar-refractivity contribution in [1.82, 2.24) is 9.96 Å². The summed E-state index contributed by atoms with van der Waals surface area (Å²) in [6.45, 7) is 3.75. The minimum Gasteiger partial charge on any atom is -0.368 e. The van der Waals surface area contributed by atoms with Crippen LogP contribution >= 0.6 is 11.8 Å². The molecule has 1 aromatic rings. The maximum absolute atomic E-state index is 12.6. The van der Waals surface area contributed by atoms with Gasteiger partial charge in [0, 0.05) is 4.75 Å². The van der Waals surface area contributed by atoms with Crippen molar-refractivity contribution in [3.05, 3.63) is 35.9 Å². The van der Waals surface area contributed by atoms with Crippen molar-refractivity contribution in [3.63, 3.8) is 0 Å². The molecule has 0 aromatic heterocycles. The number of nitrogens with zero attached hydrogens (tertiary/aromatic N) is 2. The first kappa shape index (κ1) is 17.8. The maximum atomic E-state index is 12.6. The summed E-state index contributed by atoms with van der Waals surface area (Å²) in [4.78, 5) is 43.7. The fourth-order valence-corrected chi connectivity index (χ4v) is 5.17. The Labute approximate surface area is 150 Å². The van der Waals surface area contributed by atoms with E-state index >= 15 is 0 Å². The van der Waals surface area contributed by atoms with E-state index < -0.39 is 22.7 Å². The monoisotopic (exact) mass is 363 g/mol. The number of nitrogens with two attached hydrogens (primary N) is 1. The van der Waals surface area contributed by atoms with Crippen LogP contribution in [0.1, 0.15) is 19.4 Å². The molecule has 134 valence electrons. The number of thioether (sulfide) groups is 1. The van der Waals surface area contributed by atoms with E-state index in [-0.39, 0.29) is 23.6 Å². The van der Waals surface area contributed by atoms with Crippen LogP contribution in [0.15, 0.2) is 30.3 Å². The second-order valence-corrected chi connectivity index (χ2v) is 8.44. The predicted molar refractivity (Wildman–Crippen MR) is 93.1 cm³/mol. The van der Waals surface area contributed by atoms with Gasteiger partial charge in [0.1, 0.15) is 11.4 Å². The number of hydroxylamine groups is 2. The molecule has 0 aliphatic carbocycles. The van der Waals surface area contributed by atoms with Crippen molar-refractivity contribution in [2.24, 2.45) is 5.73 Å². The van der Waals surface area contributed by atoms with Gasteiger partial charge < -0.3 is 10.6 Å². The average Bonchev–Trinajstić information content (AvgIpc) is 2.81. The first-order valence-corrected chi connectivity index (χ1v) is 8.85. The van der Waals surface area contributed by atoms with Crippen LogP contribution in [0.5, 0.6) is 0 Å². The van der Waals surface area contributed by atoms with Gasteiger partial charge in [-0.2, -0.15) is 0 Å². The van der Waals surface area contributed by atoms with Gasteiger partial charge in [-0.1, -0.05) is 30.3 Å². The van der Waals surface area contributed by atoms with Crippen LogP contribution in [-0.4, -0.2) is 57.0 Å². The van der Waals surface area contributed by atoms with Crippen LogP contribution in [-0.2, 0) is 25.6 Å². The van der Waals surface area contributed by atoms with E-state index in [1.165, 1.54) is 23.8 Å². The topological polar surface area (TPSA) is 92.9 Å². The standard InChI is InChI=1S/C17H21N3O4S/c1-17(2)13(14(18)22)19-15(23)12(16(19)25-17)20(24-3)11(21)9-10-7-5-4-6-8-10/h4-8,12-13,16H,9H2,1-3H3,(H2,18,22). The number of fused-ring (bicyclic) bond motifs is 1. The van der Waals surface area contributed by atoms with Crippen molar-refractivity contribution in [2.75, 3.05) is 7.11 Å².